The van der Waals surface area contributed by atoms with Gasteiger partial charge >= 0.3 is 5.97 Å². The van der Waals surface area contributed by atoms with Gasteiger partial charge in [-0.1, -0.05) is 11.6 Å². The molecule has 2 N–H and O–H groups in total. The van der Waals surface area contributed by atoms with Crippen LogP contribution in [0, 0.1) is 19.8 Å². The molecule has 0 amide bonds. The third-order valence-corrected chi connectivity index (χ3v) is 7.00. The summed E-state index contributed by atoms with van der Waals surface area (Å²) in [5.74, 6) is -3.81. The van der Waals surface area contributed by atoms with Crippen LogP contribution >= 0.6 is 11.6 Å². The molecule has 0 saturated carbocycles. The van der Waals surface area contributed by atoms with E-state index in [1.807, 2.05) is 24.7 Å². The molecule has 194 valence electrons. The van der Waals surface area contributed by atoms with Gasteiger partial charge in [-0.25, -0.2) is 8.78 Å². The van der Waals surface area contributed by atoms with Gasteiger partial charge in [0, 0.05) is 34.7 Å². The van der Waals surface area contributed by atoms with Crippen molar-refractivity contribution in [2.24, 2.45) is 5.92 Å². The van der Waals surface area contributed by atoms with Crippen LogP contribution in [0.2, 0.25) is 5.02 Å². The highest BCUT2D eigenvalue weighted by atomic mass is 35.5. The highest BCUT2D eigenvalue weighted by molar-refractivity contribution is 6.31. The van der Waals surface area contributed by atoms with E-state index in [9.17, 15) is 23.5 Å². The number of phenolic OH excluding ortho intramolecular Hbond substituents is 1. The van der Waals surface area contributed by atoms with Crippen molar-refractivity contribution in [2.75, 3.05) is 20.1 Å². The van der Waals surface area contributed by atoms with Gasteiger partial charge < -0.3 is 19.7 Å². The number of hydrogen-bond donors (Lipinski definition) is 2. The van der Waals surface area contributed by atoms with E-state index in [-0.39, 0.29) is 29.3 Å². The van der Waals surface area contributed by atoms with E-state index in [0.717, 1.165) is 49.3 Å². The Balaban J connectivity index is 0.000000303. The first-order valence-electron chi connectivity index (χ1n) is 11.7. The molecule has 1 aromatic heterocycles. The number of alkyl halides is 2. The fourth-order valence-corrected chi connectivity index (χ4v) is 4.72. The first-order chi connectivity index (χ1) is 16.8. The van der Waals surface area contributed by atoms with Crippen LogP contribution in [0.4, 0.5) is 8.78 Å². The fourth-order valence-electron chi connectivity index (χ4n) is 4.51. The van der Waals surface area contributed by atoms with Gasteiger partial charge in [-0.3, -0.25) is 9.59 Å². The van der Waals surface area contributed by atoms with Crippen molar-refractivity contribution < 1.29 is 28.6 Å². The van der Waals surface area contributed by atoms with Gasteiger partial charge in [0.1, 0.15) is 5.75 Å². The largest absolute Gasteiger partial charge is 0.507 e. The number of carbonyl (C=O) groups excluding carboxylic acids is 1. The third-order valence-electron chi connectivity index (χ3n) is 6.65. The molecule has 0 bridgehead atoms. The molecule has 1 fully saturated rings. The van der Waals surface area contributed by atoms with E-state index >= 15 is 0 Å². The molecule has 1 aliphatic heterocycles. The maximum absolute atomic E-state index is 13.7. The maximum Gasteiger partial charge on any atom is 0.306 e. The number of hydrogen-bond acceptors (Lipinski definition) is 4. The van der Waals surface area contributed by atoms with Crippen LogP contribution in [0.1, 0.15) is 52.4 Å². The number of benzene rings is 2. The minimum atomic E-state index is -2.92. The van der Waals surface area contributed by atoms with Crippen molar-refractivity contribution in [3.05, 3.63) is 63.3 Å². The zero-order chi connectivity index (χ0) is 26.8. The average Bonchev–Trinajstić information content (AvgIpc) is 3.12. The molecule has 0 aliphatic carbocycles. The van der Waals surface area contributed by atoms with Crippen LogP contribution in [0.15, 0.2) is 30.5 Å². The first kappa shape index (κ1) is 27.6. The van der Waals surface area contributed by atoms with Crippen molar-refractivity contribution >= 4 is 34.8 Å². The van der Waals surface area contributed by atoms with Gasteiger partial charge in [-0.05, 0) is 82.2 Å². The van der Waals surface area contributed by atoms with E-state index in [4.69, 9.17) is 16.7 Å². The number of aromatic nitrogens is 1. The van der Waals surface area contributed by atoms with Gasteiger partial charge in [0.25, 0.3) is 5.92 Å². The molecule has 0 unspecified atom stereocenters. The van der Waals surface area contributed by atoms with Gasteiger partial charge in [0.05, 0.1) is 23.5 Å². The summed E-state index contributed by atoms with van der Waals surface area (Å²) in [5.41, 5.74) is 2.87. The van der Waals surface area contributed by atoms with Crippen molar-refractivity contribution in [3.8, 4) is 5.75 Å². The normalized spacial score (nSPS) is 15.0. The second-order valence-electron chi connectivity index (χ2n) is 9.52. The molecule has 4 rings (SSSR count). The second-order valence-corrected chi connectivity index (χ2v) is 9.92. The van der Waals surface area contributed by atoms with Crippen LogP contribution in [0.5, 0.6) is 5.75 Å². The Morgan fingerprint density at radius 1 is 1.19 bits per heavy atom. The quantitative estimate of drug-likeness (QED) is 0.403. The number of aldehydes is 1. The molecule has 3 aromatic rings. The summed E-state index contributed by atoms with van der Waals surface area (Å²) in [6, 6.07) is 5.98. The molecule has 2 aromatic carbocycles. The summed E-state index contributed by atoms with van der Waals surface area (Å²) >= 11 is 6.20. The van der Waals surface area contributed by atoms with Crippen molar-refractivity contribution in [1.29, 1.82) is 0 Å². The molecule has 0 spiro atoms. The lowest BCUT2D eigenvalue weighted by Gasteiger charge is -2.25. The van der Waals surface area contributed by atoms with Gasteiger partial charge in [-0.2, -0.15) is 0 Å². The predicted molar refractivity (Wildman–Crippen MR) is 136 cm³/mol. The van der Waals surface area contributed by atoms with Crippen LogP contribution in [0.25, 0.3) is 10.9 Å². The summed E-state index contributed by atoms with van der Waals surface area (Å²) in [5, 5.41) is 20.0. The van der Waals surface area contributed by atoms with Crippen molar-refractivity contribution in [3.63, 3.8) is 0 Å². The topological polar surface area (TPSA) is 82.8 Å². The Hall–Kier alpha value is -2.97. The predicted octanol–water partition coefficient (Wildman–Crippen LogP) is 6.00. The standard InChI is InChI=1S/C20H18ClF2NO2.C7H13NO2/c1-11-6-14(20(3,22)23)7-15-12(2)8-24(18(11)15)9-16-17(21)5-4-13(10-25)19(16)26;1-8-4-2-6(3-5-8)7(9)10/h4-8,10,26H,9H2,1-3H3;6H,2-5H2,1H3,(H,9,10). The smallest absolute Gasteiger partial charge is 0.306 e. The zero-order valence-electron chi connectivity index (χ0n) is 20.8. The average molecular weight is 521 g/mol. The summed E-state index contributed by atoms with van der Waals surface area (Å²) < 4.78 is 29.3. The van der Waals surface area contributed by atoms with E-state index < -0.39 is 11.9 Å². The second kappa shape index (κ2) is 11.0. The van der Waals surface area contributed by atoms with E-state index in [1.54, 1.807) is 13.0 Å². The van der Waals surface area contributed by atoms with E-state index in [2.05, 4.69) is 4.90 Å². The number of likely N-dealkylation sites (tertiary alicyclic amines) is 1. The Kier molecular flexibility index (Phi) is 8.41. The molecule has 6 nitrogen and oxygen atoms in total. The summed E-state index contributed by atoms with van der Waals surface area (Å²) in [6.07, 6.45) is 4.02. The molecule has 0 atom stereocenters. The Morgan fingerprint density at radius 2 is 1.83 bits per heavy atom. The molecular weight excluding hydrogens is 490 g/mol. The Morgan fingerprint density at radius 3 is 2.39 bits per heavy atom. The van der Waals surface area contributed by atoms with Crippen LogP contribution in [-0.4, -0.2) is 52.1 Å². The zero-order valence-corrected chi connectivity index (χ0v) is 21.6. The third kappa shape index (κ3) is 6.05. The van der Waals surface area contributed by atoms with Crippen molar-refractivity contribution in [2.45, 2.75) is 46.1 Å². The first-order valence-corrected chi connectivity index (χ1v) is 12.1. The maximum atomic E-state index is 13.7. The minimum absolute atomic E-state index is 0.0350. The number of phenols is 1. The SMILES string of the molecule is CN1CCC(C(=O)O)CC1.Cc1cn(Cc2c(Cl)ccc(C=O)c2O)c2c(C)cc(C(C)(F)F)cc12. The van der Waals surface area contributed by atoms with Gasteiger partial charge in [-0.15, -0.1) is 0 Å². The van der Waals surface area contributed by atoms with Crippen molar-refractivity contribution in [1.82, 2.24) is 9.47 Å². The van der Waals surface area contributed by atoms with Gasteiger partial charge in [0.15, 0.2) is 6.29 Å². The number of nitrogens with zero attached hydrogens (tertiary/aromatic N) is 2. The minimum Gasteiger partial charge on any atom is -0.507 e. The molecule has 36 heavy (non-hydrogen) atoms. The lowest BCUT2D eigenvalue weighted by atomic mass is 9.98. The molecule has 1 aliphatic rings. The highest BCUT2D eigenvalue weighted by Gasteiger charge is 2.26. The number of aryl methyl sites for hydroxylation is 2. The van der Waals surface area contributed by atoms with Crippen LogP contribution < -0.4 is 0 Å². The van der Waals surface area contributed by atoms with Gasteiger partial charge in [0.2, 0.25) is 0 Å². The number of carboxylic acids is 1. The Labute approximate surface area is 214 Å². The summed E-state index contributed by atoms with van der Waals surface area (Å²) in [4.78, 5) is 23.7. The fraction of sp³-hybridized carbons (Fsp3) is 0.407. The lowest BCUT2D eigenvalue weighted by Crippen LogP contribution is -2.33. The number of aromatic hydroxyl groups is 1. The molecule has 9 heteroatoms. The van der Waals surface area contributed by atoms with Crippen LogP contribution in [0.3, 0.4) is 0 Å². The summed E-state index contributed by atoms with van der Waals surface area (Å²) in [7, 11) is 2.03. The number of piperidine rings is 1. The Bertz CT molecular complexity index is 1280. The number of fused-ring (bicyclic) bond motifs is 1. The number of carbonyl (C=O) groups is 2. The number of rotatable bonds is 5. The number of halogens is 3. The molecule has 1 saturated heterocycles. The van der Waals surface area contributed by atoms with E-state index in [0.29, 0.717) is 22.4 Å². The molecular formula is C27H31ClF2N2O4. The lowest BCUT2D eigenvalue weighted by molar-refractivity contribution is -0.143. The van der Waals surface area contributed by atoms with Crippen LogP contribution in [-0.2, 0) is 17.3 Å². The number of carboxylic acid groups (broad SMARTS) is 1. The highest BCUT2D eigenvalue weighted by Crippen LogP contribution is 2.35. The summed E-state index contributed by atoms with van der Waals surface area (Å²) in [6.45, 7) is 6.58. The van der Waals surface area contributed by atoms with E-state index in [1.165, 1.54) is 18.2 Å². The molecule has 0 radical (unpaired) electrons. The monoisotopic (exact) mass is 520 g/mol. The number of aliphatic carboxylic acids is 1. The molecule has 2 heterocycles.